The molecule has 29 heavy (non-hydrogen) atoms. The molecule has 0 aliphatic heterocycles. The Bertz CT molecular complexity index is 1370. The van der Waals surface area contributed by atoms with E-state index in [2.05, 4.69) is 42.5 Å². The van der Waals surface area contributed by atoms with Crippen LogP contribution in [0.5, 0.6) is 0 Å². The van der Waals surface area contributed by atoms with Crippen LogP contribution in [0.3, 0.4) is 0 Å². The van der Waals surface area contributed by atoms with Crippen LogP contribution in [0.25, 0.3) is 32.5 Å². The lowest BCUT2D eigenvalue weighted by Gasteiger charge is -2.08. The molecule has 0 saturated heterocycles. The first-order chi connectivity index (χ1) is 14.2. The lowest BCUT2D eigenvalue weighted by Crippen LogP contribution is -2.08. The molecule has 0 atom stereocenters. The van der Waals surface area contributed by atoms with Crippen LogP contribution in [0.2, 0.25) is 0 Å². The van der Waals surface area contributed by atoms with Crippen molar-refractivity contribution in [2.75, 3.05) is 5.43 Å². The van der Waals surface area contributed by atoms with Crippen LogP contribution < -0.4 is 10.8 Å². The van der Waals surface area contributed by atoms with Crippen LogP contribution in [0.1, 0.15) is 11.1 Å². The molecule has 2 heterocycles. The topological polar surface area (TPSA) is 50.4 Å². The average molecular weight is 398 g/mol. The normalized spacial score (nSPS) is 12.0. The van der Waals surface area contributed by atoms with E-state index in [0.717, 1.165) is 48.6 Å². The van der Waals surface area contributed by atoms with Gasteiger partial charge in [-0.15, -0.1) is 0 Å². The van der Waals surface area contributed by atoms with E-state index in [4.69, 9.17) is 9.52 Å². The Kier molecular flexibility index (Phi) is 4.37. The second kappa shape index (κ2) is 7.18. The molecule has 0 radical (unpaired) electrons. The predicted octanol–water partition coefficient (Wildman–Crippen LogP) is 6.25. The molecular weight excluding hydrogens is 378 g/mol. The van der Waals surface area contributed by atoms with Crippen molar-refractivity contribution >= 4 is 37.7 Å². The lowest BCUT2D eigenvalue weighted by atomic mass is 10.1. The summed E-state index contributed by atoms with van der Waals surface area (Å²) < 4.78 is 7.41. The zero-order valence-corrected chi connectivity index (χ0v) is 17.0. The molecule has 0 amide bonds. The molecule has 5 aromatic rings. The Labute approximate surface area is 172 Å². The van der Waals surface area contributed by atoms with Gasteiger partial charge in [-0.2, -0.15) is 5.10 Å². The van der Waals surface area contributed by atoms with E-state index < -0.39 is 0 Å². The first-order valence-corrected chi connectivity index (χ1v) is 10.2. The summed E-state index contributed by atoms with van der Waals surface area (Å²) in [6.45, 7) is 4.15. The number of aromatic nitrogens is 1. The summed E-state index contributed by atoms with van der Waals surface area (Å²) in [5, 5.41) is 7.29. The minimum atomic E-state index is 0.769. The van der Waals surface area contributed by atoms with Gasteiger partial charge in [0.05, 0.1) is 15.6 Å². The van der Waals surface area contributed by atoms with Gasteiger partial charge in [-0.25, -0.2) is 4.98 Å². The van der Waals surface area contributed by atoms with Crippen molar-refractivity contribution in [1.82, 2.24) is 4.98 Å². The van der Waals surface area contributed by atoms with Crippen molar-refractivity contribution in [3.05, 3.63) is 89.3 Å². The number of anilines is 1. The van der Waals surface area contributed by atoms with Crippen molar-refractivity contribution in [3.8, 4) is 11.3 Å². The number of aryl methyl sites for hydroxylation is 2. The van der Waals surface area contributed by atoms with Gasteiger partial charge in [-0.3, -0.25) is 5.43 Å². The molecule has 4 nitrogen and oxygen atoms in total. The Morgan fingerprint density at radius 3 is 2.55 bits per heavy atom. The van der Waals surface area contributed by atoms with Crippen LogP contribution in [0.15, 0.2) is 82.3 Å². The van der Waals surface area contributed by atoms with Crippen LogP contribution >= 0.6 is 11.3 Å². The standard InChI is InChI=1S/C24H19N3OS/c1-15-12-16(2)23-18(13-15)20(14-21(28-23)17-8-4-3-5-9-17)26-27-24-25-19-10-6-7-11-22(19)29-24/h3-14H,1-2H3,(H,25,27)/b26-20-. The van der Waals surface area contributed by atoms with Crippen molar-refractivity contribution in [3.63, 3.8) is 0 Å². The molecule has 2 aromatic heterocycles. The number of benzene rings is 3. The molecular formula is C24H19N3OS. The fourth-order valence-corrected chi connectivity index (χ4v) is 4.30. The van der Waals surface area contributed by atoms with Gasteiger partial charge in [0.2, 0.25) is 5.13 Å². The molecule has 3 aromatic carbocycles. The number of thiazole rings is 1. The highest BCUT2D eigenvalue weighted by Crippen LogP contribution is 2.27. The molecule has 5 rings (SSSR count). The highest BCUT2D eigenvalue weighted by molar-refractivity contribution is 7.22. The maximum atomic E-state index is 6.27. The number of hydrogen-bond acceptors (Lipinski definition) is 5. The van der Waals surface area contributed by atoms with E-state index in [1.165, 1.54) is 5.56 Å². The first-order valence-electron chi connectivity index (χ1n) is 9.43. The maximum absolute atomic E-state index is 6.27. The summed E-state index contributed by atoms with van der Waals surface area (Å²) in [5.74, 6) is 0.787. The van der Waals surface area contributed by atoms with E-state index in [1.807, 2.05) is 54.6 Å². The van der Waals surface area contributed by atoms with Gasteiger partial charge in [0, 0.05) is 17.0 Å². The molecule has 0 aliphatic carbocycles. The summed E-state index contributed by atoms with van der Waals surface area (Å²) in [6.07, 6.45) is 0. The summed E-state index contributed by atoms with van der Waals surface area (Å²) in [4.78, 5) is 4.61. The third-order valence-corrected chi connectivity index (χ3v) is 5.74. The van der Waals surface area contributed by atoms with Crippen LogP contribution in [-0.2, 0) is 0 Å². The highest BCUT2D eigenvalue weighted by atomic mass is 32.1. The second-order valence-electron chi connectivity index (χ2n) is 7.03. The minimum absolute atomic E-state index is 0.769. The van der Waals surface area contributed by atoms with Crippen molar-refractivity contribution < 1.29 is 4.42 Å². The SMILES string of the molecule is Cc1cc(C)c2oc(-c3ccccc3)c/c(=N/Nc3nc4ccccc4s3)c2c1. The van der Waals surface area contributed by atoms with E-state index in [9.17, 15) is 0 Å². The quantitative estimate of drug-likeness (QED) is 0.366. The lowest BCUT2D eigenvalue weighted by molar-refractivity contribution is 0.615. The van der Waals surface area contributed by atoms with E-state index in [-0.39, 0.29) is 0 Å². The number of fused-ring (bicyclic) bond motifs is 2. The highest BCUT2D eigenvalue weighted by Gasteiger charge is 2.09. The second-order valence-corrected chi connectivity index (χ2v) is 8.06. The Balaban J connectivity index is 1.68. The van der Waals surface area contributed by atoms with Gasteiger partial charge in [-0.1, -0.05) is 59.9 Å². The third-order valence-electron chi connectivity index (χ3n) is 4.80. The van der Waals surface area contributed by atoms with Crippen LogP contribution in [0, 0.1) is 13.8 Å². The van der Waals surface area contributed by atoms with Crippen LogP contribution in [0.4, 0.5) is 5.13 Å². The van der Waals surface area contributed by atoms with E-state index in [1.54, 1.807) is 11.3 Å². The Hall–Kier alpha value is -3.44. The smallest absolute Gasteiger partial charge is 0.204 e. The summed E-state index contributed by atoms with van der Waals surface area (Å²) in [7, 11) is 0. The number of para-hydroxylation sites is 1. The molecule has 0 fully saturated rings. The molecule has 0 aliphatic rings. The minimum Gasteiger partial charge on any atom is -0.456 e. The number of hydrogen-bond donors (Lipinski definition) is 1. The van der Waals surface area contributed by atoms with Crippen molar-refractivity contribution in [2.45, 2.75) is 13.8 Å². The monoisotopic (exact) mass is 397 g/mol. The van der Waals surface area contributed by atoms with Crippen molar-refractivity contribution in [1.29, 1.82) is 0 Å². The molecule has 142 valence electrons. The van der Waals surface area contributed by atoms with Gasteiger partial charge in [0.25, 0.3) is 0 Å². The molecule has 0 saturated carbocycles. The van der Waals surface area contributed by atoms with Crippen molar-refractivity contribution in [2.24, 2.45) is 5.10 Å². The summed E-state index contributed by atoms with van der Waals surface area (Å²) >= 11 is 1.59. The summed E-state index contributed by atoms with van der Waals surface area (Å²) in [5.41, 5.74) is 8.26. The zero-order chi connectivity index (χ0) is 19.8. The number of nitrogens with zero attached hydrogens (tertiary/aromatic N) is 2. The molecule has 0 spiro atoms. The predicted molar refractivity (Wildman–Crippen MR) is 120 cm³/mol. The van der Waals surface area contributed by atoms with Gasteiger partial charge in [0.1, 0.15) is 11.3 Å². The first kappa shape index (κ1) is 17.6. The molecule has 1 N–H and O–H groups in total. The maximum Gasteiger partial charge on any atom is 0.204 e. The Morgan fingerprint density at radius 1 is 0.931 bits per heavy atom. The fraction of sp³-hybridized carbons (Fsp3) is 0.0833. The van der Waals surface area contributed by atoms with E-state index in [0.29, 0.717) is 0 Å². The number of rotatable bonds is 3. The van der Waals surface area contributed by atoms with E-state index >= 15 is 0 Å². The van der Waals surface area contributed by atoms with Gasteiger partial charge in [-0.05, 0) is 43.2 Å². The fourth-order valence-electron chi connectivity index (χ4n) is 3.49. The van der Waals surface area contributed by atoms with Crippen LogP contribution in [-0.4, -0.2) is 4.98 Å². The molecule has 5 heteroatoms. The largest absolute Gasteiger partial charge is 0.456 e. The number of nitrogens with one attached hydrogen (secondary N) is 1. The average Bonchev–Trinajstić information content (AvgIpc) is 3.16. The van der Waals surface area contributed by atoms with Gasteiger partial charge < -0.3 is 4.42 Å². The third kappa shape index (κ3) is 3.41. The van der Waals surface area contributed by atoms with Gasteiger partial charge in [0.15, 0.2) is 0 Å². The van der Waals surface area contributed by atoms with Gasteiger partial charge >= 0.3 is 0 Å². The Morgan fingerprint density at radius 2 is 1.72 bits per heavy atom. The summed E-state index contributed by atoms with van der Waals surface area (Å²) in [6, 6.07) is 24.4. The molecule has 0 bridgehead atoms. The zero-order valence-electron chi connectivity index (χ0n) is 16.1. The molecule has 0 unspecified atom stereocenters.